The van der Waals surface area contributed by atoms with Crippen molar-refractivity contribution in [3.8, 4) is 0 Å². The number of carbonyl (C=O) groups is 5. The first-order chi connectivity index (χ1) is 53.4. The number of benzene rings is 5. The number of amides is 5. The van der Waals surface area contributed by atoms with Crippen LogP contribution in [0.25, 0.3) is 0 Å². The van der Waals surface area contributed by atoms with E-state index in [1.807, 2.05) is 71.6 Å². The number of carbonyl (C=O) groups excluding carboxylic acids is 5. The Labute approximate surface area is 688 Å². The molecule has 15 heteroatoms. The lowest BCUT2D eigenvalue weighted by Crippen LogP contribution is -2.62. The molecule has 0 aromatic heterocycles. The van der Waals surface area contributed by atoms with Crippen molar-refractivity contribution in [3.63, 3.8) is 0 Å². The number of likely N-dealkylation sites (tertiary alicyclic amines) is 3. The minimum absolute atomic E-state index is 0. The van der Waals surface area contributed by atoms with E-state index in [1.54, 1.807) is 48.3 Å². The minimum Gasteiger partial charge on any atom is -0.445 e. The predicted octanol–water partition coefficient (Wildman–Crippen LogP) is 20.8. The van der Waals surface area contributed by atoms with Gasteiger partial charge in [-0.05, 0) is 331 Å². The number of alkyl carbamates (subject to hydrolysis) is 1. The Bertz CT molecular complexity index is 3940. The number of ether oxygens (including phenoxy) is 1. The monoisotopic (exact) mass is 1580 g/mol. The molecule has 12 nitrogen and oxygen atoms in total. The average Bonchev–Trinajstić information content (AvgIpc) is 1.40. The Morgan fingerprint density at radius 2 is 0.791 bits per heavy atom. The summed E-state index contributed by atoms with van der Waals surface area (Å²) in [5.74, 6) is 11.8. The summed E-state index contributed by atoms with van der Waals surface area (Å²) in [7, 11) is 1.77. The molecule has 16 saturated carbocycles. The van der Waals surface area contributed by atoms with E-state index in [4.69, 9.17) is 9.84 Å². The largest absolute Gasteiger partial charge is 0.445 e. The van der Waals surface area contributed by atoms with Crippen molar-refractivity contribution in [2.75, 3.05) is 59.5 Å². The first kappa shape index (κ1) is 87.3. The SMILES string of the molecule is C.C.C.C.C.CN(CCO)C(=O)CC1(c2ccc(F)cc2)C2CC3CC(C2)CC1C3.O=C(CC1(Cc2ccccc2)C2CC3CC(C2)CC1C3)N1CCCC1.O=C(N1CCCC1)C1(c2ccc(F)cc2)C2CC3CC(C2)CC1C3.O=C(NC1CCN(C(=O)CC2(c3ccc(F)cc3)C3CC4CC(C3)CC2C4)C1)OCc1ccccc1. The Hall–Kier alpha value is -7.00. The second-order valence-electron chi connectivity index (χ2n) is 38.3. The van der Waals surface area contributed by atoms with Gasteiger partial charge in [0, 0.05) is 83.0 Å². The molecule has 19 aliphatic rings. The van der Waals surface area contributed by atoms with E-state index in [1.165, 1.54) is 147 Å². The molecule has 0 spiro atoms. The minimum atomic E-state index is -0.443. The Kier molecular flexibility index (Phi) is 27.9. The first-order valence-electron chi connectivity index (χ1n) is 43.4. The molecule has 5 amide bonds. The maximum atomic E-state index is 13.8. The van der Waals surface area contributed by atoms with Crippen molar-refractivity contribution in [2.45, 2.75) is 252 Å². The summed E-state index contributed by atoms with van der Waals surface area (Å²) >= 11 is 0. The highest BCUT2D eigenvalue weighted by atomic mass is 19.1. The summed E-state index contributed by atoms with van der Waals surface area (Å²) in [5, 5.41) is 12.1. The van der Waals surface area contributed by atoms with E-state index >= 15 is 0 Å². The van der Waals surface area contributed by atoms with E-state index in [9.17, 15) is 37.1 Å². The lowest BCUT2D eigenvalue weighted by Gasteiger charge is -2.61. The van der Waals surface area contributed by atoms with E-state index in [2.05, 4.69) is 45.4 Å². The van der Waals surface area contributed by atoms with Gasteiger partial charge in [-0.1, -0.05) is 134 Å². The Morgan fingerprint density at radius 1 is 0.426 bits per heavy atom. The molecule has 2 N–H and O–H groups in total. The topological polar surface area (TPSA) is 140 Å². The molecule has 24 rings (SSSR count). The fraction of sp³-hybridized carbons (Fsp3) is 0.650. The van der Waals surface area contributed by atoms with Gasteiger partial charge >= 0.3 is 6.09 Å². The van der Waals surface area contributed by atoms with Gasteiger partial charge in [0.1, 0.15) is 24.1 Å². The van der Waals surface area contributed by atoms with Crippen LogP contribution in [0.1, 0.15) is 245 Å². The number of aliphatic hydroxyl groups excluding tert-OH is 1. The van der Waals surface area contributed by atoms with Crippen molar-refractivity contribution in [1.29, 1.82) is 0 Å². The molecular formula is C100H140F3N5O7. The van der Waals surface area contributed by atoms with Crippen molar-refractivity contribution >= 4 is 29.7 Å². The van der Waals surface area contributed by atoms with Gasteiger partial charge in [0.25, 0.3) is 0 Å². The third-order valence-corrected chi connectivity index (χ3v) is 32.4. The highest BCUT2D eigenvalue weighted by molar-refractivity contribution is 5.90. The van der Waals surface area contributed by atoms with Crippen LogP contribution in [-0.2, 0) is 53.2 Å². The lowest BCUT2D eigenvalue weighted by atomic mass is 9.43. The van der Waals surface area contributed by atoms with Crippen molar-refractivity contribution < 1.29 is 47.0 Å². The van der Waals surface area contributed by atoms with Crippen LogP contribution in [0.4, 0.5) is 18.0 Å². The summed E-state index contributed by atoms with van der Waals surface area (Å²) in [5.41, 5.74) is 5.30. The molecule has 3 heterocycles. The van der Waals surface area contributed by atoms with Crippen molar-refractivity contribution in [3.05, 3.63) is 179 Å². The third kappa shape index (κ3) is 17.2. The van der Waals surface area contributed by atoms with Crippen LogP contribution >= 0.6 is 0 Å². The highest BCUT2D eigenvalue weighted by Gasteiger charge is 2.64. The zero-order chi connectivity index (χ0) is 75.5. The molecule has 1 unspecified atom stereocenters. The standard InChI is InChI=1S/C30H35FN2O3.C23H31NO.C21H28FNO2.C21H26FNO.5CH4/c31-26-8-6-23(7-9-26)30(24-13-21-12-22(15-24)16-25(30)14-21)17-28(34)33-11-10-27(18-33)32-29(35)36-19-20-4-2-1-3-5-20;25-22(24-8-4-5-9-24)16-23(15-17-6-2-1-3-7-17)20-11-18-10-19(13-20)14-21(23)12-18;1-23(6-7-24)20(25)13-21(16-2-4-19(22)5-3-16)17-9-14-8-15(11-17)12-18(21)10-14;22-19-5-3-16(4-6-19)21(20(24)23-7-1-2-8-23)17-10-14-9-15(12-17)13-18(21)11-14;;;;;/h1-9,21-22,24-25,27H,10-19H2,(H,32,35);1-3,6-7,18-21H,4-5,8-16H2;2-5,14-15,17-18,24H,6-13H2,1H3;3-6,14-15,17-18H,1-2,7-13H2;5*1H4. The average molecular weight is 1580 g/mol. The van der Waals surface area contributed by atoms with Crippen LogP contribution in [-0.4, -0.2) is 120 Å². The van der Waals surface area contributed by atoms with Gasteiger partial charge < -0.3 is 34.8 Å². The highest BCUT2D eigenvalue weighted by Crippen LogP contribution is 2.69. The van der Waals surface area contributed by atoms with Crippen LogP contribution < -0.4 is 5.32 Å². The zero-order valence-corrected chi connectivity index (χ0v) is 65.2. The van der Waals surface area contributed by atoms with Gasteiger partial charge in [-0.25, -0.2) is 18.0 Å². The van der Waals surface area contributed by atoms with Crippen LogP contribution in [0.5, 0.6) is 0 Å². The number of hydrogen-bond acceptors (Lipinski definition) is 7. The van der Waals surface area contributed by atoms with Gasteiger partial charge in [-0.2, -0.15) is 0 Å². The second-order valence-corrected chi connectivity index (χ2v) is 38.3. The molecule has 16 bridgehead atoms. The maximum Gasteiger partial charge on any atom is 0.407 e. The van der Waals surface area contributed by atoms with Gasteiger partial charge in [-0.3, -0.25) is 19.2 Å². The number of aliphatic hydroxyl groups is 1. The molecular weight excluding hydrogens is 1440 g/mol. The third-order valence-electron chi connectivity index (χ3n) is 32.4. The number of halogens is 3. The molecule has 1 atom stereocenters. The van der Waals surface area contributed by atoms with Crippen LogP contribution in [0, 0.1) is 118 Å². The number of rotatable bonds is 17. The molecule has 19 fully saturated rings. The van der Waals surface area contributed by atoms with Crippen molar-refractivity contribution in [1.82, 2.24) is 24.9 Å². The van der Waals surface area contributed by atoms with E-state index in [0.29, 0.717) is 79.8 Å². The number of likely N-dealkylation sites (N-methyl/N-ethyl adjacent to an activating group) is 1. The molecule has 3 aliphatic heterocycles. The fourth-order valence-electron chi connectivity index (χ4n) is 28.2. The van der Waals surface area contributed by atoms with Gasteiger partial charge in [0.05, 0.1) is 18.1 Å². The van der Waals surface area contributed by atoms with Crippen LogP contribution in [0.2, 0.25) is 0 Å². The van der Waals surface area contributed by atoms with Gasteiger partial charge in [0.15, 0.2) is 0 Å². The van der Waals surface area contributed by atoms with Crippen molar-refractivity contribution in [2.24, 2.45) is 100 Å². The van der Waals surface area contributed by atoms with E-state index in [-0.39, 0.29) is 107 Å². The summed E-state index contributed by atoms with van der Waals surface area (Å²) in [6.45, 7) is 5.57. The van der Waals surface area contributed by atoms with Gasteiger partial charge in [-0.15, -0.1) is 0 Å². The van der Waals surface area contributed by atoms with E-state index in [0.717, 1.165) is 140 Å². The number of nitrogens with one attached hydrogen (secondary N) is 1. The summed E-state index contributed by atoms with van der Waals surface area (Å²) in [4.78, 5) is 73.8. The van der Waals surface area contributed by atoms with Crippen LogP contribution in [0.15, 0.2) is 133 Å². The Morgan fingerprint density at radius 3 is 1.21 bits per heavy atom. The fourth-order valence-corrected chi connectivity index (χ4v) is 28.2. The van der Waals surface area contributed by atoms with Crippen LogP contribution in [0.3, 0.4) is 0 Å². The molecule has 628 valence electrons. The Balaban J connectivity index is 0.000000142. The second kappa shape index (κ2) is 36.7. The molecule has 3 saturated heterocycles. The summed E-state index contributed by atoms with van der Waals surface area (Å²) in [6, 6.07) is 41.3. The summed E-state index contributed by atoms with van der Waals surface area (Å²) < 4.78 is 46.3. The maximum absolute atomic E-state index is 13.8. The number of nitrogens with zero attached hydrogens (tertiary/aromatic N) is 4. The molecule has 115 heavy (non-hydrogen) atoms. The lowest BCUT2D eigenvalue weighted by molar-refractivity contribution is -0.154. The zero-order valence-electron chi connectivity index (χ0n) is 65.2. The first-order valence-corrected chi connectivity index (χ1v) is 43.4. The quantitative estimate of drug-likeness (QED) is 0.0945. The van der Waals surface area contributed by atoms with E-state index < -0.39 is 6.09 Å². The summed E-state index contributed by atoms with van der Waals surface area (Å²) in [6.07, 6.45) is 33.4. The molecule has 5 aromatic carbocycles. The number of hydrogen-bond donors (Lipinski definition) is 2. The predicted molar refractivity (Wildman–Crippen MR) is 454 cm³/mol. The smallest absolute Gasteiger partial charge is 0.407 e. The molecule has 0 radical (unpaired) electrons. The molecule has 16 aliphatic carbocycles. The normalized spacial score (nSPS) is 34.9. The molecule has 5 aromatic rings. The van der Waals surface area contributed by atoms with Gasteiger partial charge in [0.2, 0.25) is 23.6 Å².